The molecule has 7 heteroatoms. The van der Waals surface area contributed by atoms with Crippen molar-refractivity contribution in [2.45, 2.75) is 0 Å². The maximum atomic E-state index is 7.50. The Hall–Kier alpha value is -2.76. The summed E-state index contributed by atoms with van der Waals surface area (Å²) in [5.41, 5.74) is 3.40. The second kappa shape index (κ2) is 29.0. The Bertz CT molecular complexity index is 736. The summed E-state index contributed by atoms with van der Waals surface area (Å²) in [5.74, 6) is 0. The van der Waals surface area contributed by atoms with Gasteiger partial charge in [0, 0.05) is 0 Å². The third-order valence-electron chi connectivity index (χ3n) is 2.62. The maximum absolute atomic E-state index is 7.50. The van der Waals surface area contributed by atoms with Crippen LogP contribution in [0.1, 0.15) is 16.7 Å². The van der Waals surface area contributed by atoms with E-state index in [0.29, 0.717) is 0 Å². The number of benzene rings is 2. The summed E-state index contributed by atoms with van der Waals surface area (Å²) in [7, 11) is 1.67. The predicted molar refractivity (Wildman–Crippen MR) is 92.6 cm³/mol. The Kier molecular flexibility index (Phi) is 34.1. The Morgan fingerprint density at radius 3 is 1.61 bits per heavy atom. The van der Waals surface area contributed by atoms with Crippen molar-refractivity contribution in [3.8, 4) is 0 Å². The fraction of sp³-hybridized carbons (Fsp3) is 0.0476. The minimum absolute atomic E-state index is 0.809. The van der Waals surface area contributed by atoms with E-state index in [1.807, 2.05) is 36.4 Å². The standard InChI is InChI=1S/C16H14O.5CO.Cr/c1-17-13-16-10-6-5-9-15(16)12-11-14-7-3-2-4-8-14;5*1-2;/h2-12H,1H3;;;;;;/b12-11+;;;;;;. The molecule has 6 nitrogen and oxygen atoms in total. The van der Waals surface area contributed by atoms with Gasteiger partial charge < -0.3 is 0 Å². The molecule has 0 spiro atoms. The van der Waals surface area contributed by atoms with E-state index in [2.05, 4.69) is 79.5 Å². The summed E-state index contributed by atoms with van der Waals surface area (Å²) in [6, 6.07) is 18.4. The normalized spacial score (nSPS) is 7.25. The first-order valence-electron chi connectivity index (χ1n) is 6.74. The third-order valence-corrected chi connectivity index (χ3v) is 3.22. The van der Waals surface area contributed by atoms with Crippen molar-refractivity contribution in [1.29, 1.82) is 0 Å². The van der Waals surface area contributed by atoms with Gasteiger partial charge in [-0.3, -0.25) is 0 Å². The molecule has 28 heavy (non-hydrogen) atoms. The summed E-state index contributed by atoms with van der Waals surface area (Å²) in [6.45, 7) is 22.5. The molecule has 2 rings (SSSR count). The van der Waals surface area contributed by atoms with Gasteiger partial charge >= 0.3 is 172 Å². The first kappa shape index (κ1) is 32.9. The number of hydrogen-bond donors (Lipinski definition) is 0. The molecule has 0 bridgehead atoms. The van der Waals surface area contributed by atoms with E-state index in [0.717, 1.165) is 15.7 Å². The van der Waals surface area contributed by atoms with Crippen molar-refractivity contribution < 1.29 is 43.8 Å². The summed E-state index contributed by atoms with van der Waals surface area (Å²) >= 11 is 2.94. The van der Waals surface area contributed by atoms with Crippen LogP contribution in [0.4, 0.5) is 0 Å². The van der Waals surface area contributed by atoms with Crippen LogP contribution < -0.4 is 0 Å². The molecule has 2 aromatic carbocycles. The Balaban J connectivity index is -0.000000251. The van der Waals surface area contributed by atoms with Gasteiger partial charge in [-0.1, -0.05) is 0 Å². The molecule has 0 aliphatic heterocycles. The van der Waals surface area contributed by atoms with E-state index >= 15 is 0 Å². The van der Waals surface area contributed by atoms with Gasteiger partial charge in [-0.25, -0.2) is 0 Å². The van der Waals surface area contributed by atoms with E-state index in [9.17, 15) is 0 Å². The zero-order chi connectivity index (χ0) is 22.8. The molecule has 0 fully saturated rings. The molecule has 0 N–H and O–H groups in total. The molecule has 0 saturated carbocycles. The molecule has 0 aliphatic rings. The molecule has 0 aliphatic carbocycles. The molecule has 0 saturated heterocycles. The van der Waals surface area contributed by atoms with Crippen LogP contribution in [0.15, 0.2) is 54.6 Å². The van der Waals surface area contributed by atoms with Gasteiger partial charge in [0.15, 0.2) is 0 Å². The quantitative estimate of drug-likeness (QED) is 0.427. The van der Waals surface area contributed by atoms with E-state index in [1.165, 1.54) is 5.56 Å². The SMILES string of the molecule is CO[C](=[Cr])c1ccccc1/C=C/c1ccccc1.[C-]#[O+].[C-]#[O+].[C-]#[O+].[C-]#[O+].[C-]#[O+]. The van der Waals surface area contributed by atoms with Gasteiger partial charge in [0.25, 0.3) is 0 Å². The van der Waals surface area contributed by atoms with Crippen LogP contribution in [0.3, 0.4) is 0 Å². The third kappa shape index (κ3) is 15.5. The van der Waals surface area contributed by atoms with Crippen molar-refractivity contribution in [3.05, 3.63) is 105 Å². The molecular weight excluding hydrogens is 400 g/mol. The summed E-state index contributed by atoms with van der Waals surface area (Å²) in [5, 5.41) is 0. The first-order chi connectivity index (χ1) is 13.8. The Morgan fingerprint density at radius 2 is 1.14 bits per heavy atom. The molecule has 0 radical (unpaired) electrons. The van der Waals surface area contributed by atoms with Crippen LogP contribution in [-0.4, -0.2) is 11.7 Å². The van der Waals surface area contributed by atoms with Gasteiger partial charge in [0.2, 0.25) is 0 Å². The van der Waals surface area contributed by atoms with Gasteiger partial charge in [0.1, 0.15) is 0 Å². The topological polar surface area (TPSA) is 109 Å². The zero-order valence-corrected chi connectivity index (χ0v) is 16.0. The van der Waals surface area contributed by atoms with Gasteiger partial charge in [0.05, 0.1) is 0 Å². The number of rotatable bonds is 4. The van der Waals surface area contributed by atoms with Gasteiger partial charge in [-0.2, -0.15) is 0 Å². The van der Waals surface area contributed by atoms with Crippen molar-refractivity contribution >= 4 is 16.7 Å². The first-order valence-corrected chi connectivity index (χ1v) is 7.37. The molecule has 140 valence electrons. The fourth-order valence-electron chi connectivity index (χ4n) is 1.69. The van der Waals surface area contributed by atoms with Crippen molar-refractivity contribution in [1.82, 2.24) is 0 Å². The van der Waals surface area contributed by atoms with Crippen LogP contribution in [0, 0.1) is 33.3 Å². The summed E-state index contributed by atoms with van der Waals surface area (Å²) < 4.78 is 43.6. The molecule has 0 amide bonds. The number of hydrogen-bond acceptors (Lipinski definition) is 1. The Labute approximate surface area is 172 Å². The van der Waals surface area contributed by atoms with E-state index in [1.54, 1.807) is 7.11 Å². The summed E-state index contributed by atoms with van der Waals surface area (Å²) in [6.07, 6.45) is 4.20. The molecule has 0 atom stereocenters. The van der Waals surface area contributed by atoms with Gasteiger partial charge in [-0.15, -0.1) is 0 Å². The van der Waals surface area contributed by atoms with Crippen LogP contribution in [-0.2, 0) is 43.8 Å². The molecule has 2 aromatic rings. The van der Waals surface area contributed by atoms with Crippen LogP contribution in [0.5, 0.6) is 0 Å². The van der Waals surface area contributed by atoms with E-state index in [-0.39, 0.29) is 0 Å². The monoisotopic (exact) mass is 414 g/mol. The molecular formula is C21H14CrO6. The van der Waals surface area contributed by atoms with Crippen LogP contribution in [0.2, 0.25) is 0 Å². The van der Waals surface area contributed by atoms with Crippen molar-refractivity contribution in [3.63, 3.8) is 0 Å². The Morgan fingerprint density at radius 1 is 0.714 bits per heavy atom. The van der Waals surface area contributed by atoms with E-state index < -0.39 is 0 Å². The second-order valence-corrected chi connectivity index (χ2v) is 4.40. The number of ether oxygens (including phenoxy) is 1. The van der Waals surface area contributed by atoms with Crippen LogP contribution >= 0.6 is 0 Å². The zero-order valence-electron chi connectivity index (χ0n) is 14.7. The summed E-state index contributed by atoms with van der Waals surface area (Å²) in [4.78, 5) is 0. The average Bonchev–Trinajstić information content (AvgIpc) is 2.84. The van der Waals surface area contributed by atoms with E-state index in [4.69, 9.17) is 28.0 Å². The fourth-order valence-corrected chi connectivity index (χ4v) is 1.98. The molecule has 0 heterocycles. The van der Waals surface area contributed by atoms with Crippen molar-refractivity contribution in [2.24, 2.45) is 0 Å². The minimum atomic E-state index is 0.809. The molecule has 0 aromatic heterocycles. The second-order valence-electron chi connectivity index (χ2n) is 3.82. The average molecular weight is 414 g/mol. The van der Waals surface area contributed by atoms with Crippen LogP contribution in [0.25, 0.3) is 12.2 Å². The van der Waals surface area contributed by atoms with Crippen molar-refractivity contribution in [2.75, 3.05) is 7.11 Å². The van der Waals surface area contributed by atoms with Gasteiger partial charge in [-0.05, 0) is 0 Å². The number of methoxy groups -OCH3 is 1. The molecule has 0 unspecified atom stereocenters. The predicted octanol–water partition coefficient (Wildman–Crippen LogP) is 3.34.